The Morgan fingerprint density at radius 1 is 1.10 bits per heavy atom. The molecule has 0 heterocycles. The number of hydrogen-bond acceptors (Lipinski definition) is 3. The molecule has 0 spiro atoms. The van der Waals surface area contributed by atoms with Crippen LogP contribution in [0.15, 0.2) is 57.9 Å². The van der Waals surface area contributed by atoms with E-state index in [1.807, 2.05) is 18.2 Å². The van der Waals surface area contributed by atoms with Crippen LogP contribution in [0.2, 0.25) is 0 Å². The van der Waals surface area contributed by atoms with Gasteiger partial charge in [-0.15, -0.1) is 0 Å². The number of nitrogen functional groups attached to an aromatic ring is 1. The Balaban J connectivity index is 2.24. The highest BCUT2D eigenvalue weighted by molar-refractivity contribution is 9.10. The molecule has 4 nitrogen and oxygen atoms in total. The number of benzene rings is 2. The van der Waals surface area contributed by atoms with Crippen LogP contribution in [0.5, 0.6) is 0 Å². The topological polar surface area (TPSA) is 72.2 Å². The van der Waals surface area contributed by atoms with Gasteiger partial charge in [0.1, 0.15) is 0 Å². The van der Waals surface area contributed by atoms with E-state index in [1.54, 1.807) is 37.3 Å². The molecule has 0 aromatic heterocycles. The van der Waals surface area contributed by atoms with Crippen molar-refractivity contribution >= 4 is 31.6 Å². The Labute approximate surface area is 127 Å². The fourth-order valence-electron chi connectivity index (χ4n) is 1.88. The number of para-hydroxylation sites is 1. The van der Waals surface area contributed by atoms with Crippen molar-refractivity contribution < 1.29 is 8.42 Å². The summed E-state index contributed by atoms with van der Waals surface area (Å²) in [5.74, 6) is 0. The van der Waals surface area contributed by atoms with Gasteiger partial charge in [-0.3, -0.25) is 0 Å². The molecule has 0 aliphatic heterocycles. The molecule has 2 aromatic rings. The van der Waals surface area contributed by atoms with Crippen LogP contribution in [-0.2, 0) is 10.0 Å². The molecule has 2 aromatic carbocycles. The number of halogens is 1. The highest BCUT2D eigenvalue weighted by Crippen LogP contribution is 2.22. The minimum atomic E-state index is -3.57. The van der Waals surface area contributed by atoms with Gasteiger partial charge in [-0.2, -0.15) is 0 Å². The molecule has 1 unspecified atom stereocenters. The first-order valence-electron chi connectivity index (χ1n) is 6.02. The quantitative estimate of drug-likeness (QED) is 0.828. The zero-order valence-corrected chi connectivity index (χ0v) is 13.3. The Morgan fingerprint density at radius 3 is 2.30 bits per heavy atom. The maximum atomic E-state index is 12.3. The smallest absolute Gasteiger partial charge is 0.241 e. The Bertz CT molecular complexity index is 699. The molecule has 0 aliphatic carbocycles. The van der Waals surface area contributed by atoms with Crippen molar-refractivity contribution in [3.05, 3.63) is 58.6 Å². The molecule has 1 atom stereocenters. The minimum Gasteiger partial charge on any atom is -0.398 e. The maximum absolute atomic E-state index is 12.3. The molecule has 0 amide bonds. The molecule has 20 heavy (non-hydrogen) atoms. The van der Waals surface area contributed by atoms with Crippen molar-refractivity contribution in [3.63, 3.8) is 0 Å². The number of sulfonamides is 1. The Morgan fingerprint density at radius 2 is 1.70 bits per heavy atom. The number of rotatable bonds is 4. The van der Waals surface area contributed by atoms with Gasteiger partial charge in [0, 0.05) is 16.2 Å². The summed E-state index contributed by atoms with van der Waals surface area (Å²) in [5.41, 5.74) is 7.18. The Kier molecular flexibility index (Phi) is 4.47. The zero-order chi connectivity index (χ0) is 14.8. The molecular formula is C14H15BrN2O2S. The third kappa shape index (κ3) is 3.39. The van der Waals surface area contributed by atoms with Gasteiger partial charge in [0.05, 0.1) is 4.90 Å². The molecule has 0 radical (unpaired) electrons. The van der Waals surface area contributed by atoms with Crippen molar-refractivity contribution in [1.29, 1.82) is 0 Å². The molecule has 0 saturated heterocycles. The molecule has 6 heteroatoms. The second-order valence-electron chi connectivity index (χ2n) is 4.43. The lowest BCUT2D eigenvalue weighted by atomic mass is 10.1. The third-order valence-electron chi connectivity index (χ3n) is 2.92. The molecule has 0 fully saturated rings. The van der Waals surface area contributed by atoms with E-state index in [9.17, 15) is 8.42 Å². The standard InChI is InChI=1S/C14H15BrN2O2S/c1-10(13-4-2-3-5-14(13)16)17-20(18,19)12-8-6-11(15)7-9-12/h2-10,17H,16H2,1H3. The van der Waals surface area contributed by atoms with Crippen LogP contribution in [0.4, 0.5) is 5.69 Å². The summed E-state index contributed by atoms with van der Waals surface area (Å²) < 4.78 is 28.0. The lowest BCUT2D eigenvalue weighted by Crippen LogP contribution is -2.27. The summed E-state index contributed by atoms with van der Waals surface area (Å²) in [6.45, 7) is 1.77. The SMILES string of the molecule is CC(NS(=O)(=O)c1ccc(Br)cc1)c1ccccc1N. The summed E-state index contributed by atoms with van der Waals surface area (Å²) in [6, 6.07) is 13.3. The molecule has 0 aliphatic rings. The predicted molar refractivity (Wildman–Crippen MR) is 83.7 cm³/mol. The summed E-state index contributed by atoms with van der Waals surface area (Å²) in [7, 11) is -3.57. The van der Waals surface area contributed by atoms with Crippen molar-refractivity contribution in [1.82, 2.24) is 4.72 Å². The van der Waals surface area contributed by atoms with E-state index in [1.165, 1.54) is 0 Å². The number of nitrogens with one attached hydrogen (secondary N) is 1. The normalized spacial score (nSPS) is 13.1. The van der Waals surface area contributed by atoms with Gasteiger partial charge in [0.15, 0.2) is 0 Å². The molecule has 0 saturated carbocycles. The van der Waals surface area contributed by atoms with E-state index >= 15 is 0 Å². The first-order valence-corrected chi connectivity index (χ1v) is 8.30. The van der Waals surface area contributed by atoms with Crippen molar-refractivity contribution in [2.45, 2.75) is 17.9 Å². The van der Waals surface area contributed by atoms with E-state index in [0.29, 0.717) is 5.69 Å². The molecule has 0 bridgehead atoms. The first kappa shape index (κ1) is 15.0. The van der Waals surface area contributed by atoms with Crippen LogP contribution < -0.4 is 10.5 Å². The van der Waals surface area contributed by atoms with E-state index in [4.69, 9.17) is 5.73 Å². The van der Waals surface area contributed by atoms with Crippen LogP contribution >= 0.6 is 15.9 Å². The summed E-state index contributed by atoms with van der Waals surface area (Å²) in [6.07, 6.45) is 0. The van der Waals surface area contributed by atoms with Crippen LogP contribution in [0.3, 0.4) is 0 Å². The van der Waals surface area contributed by atoms with Crippen LogP contribution in [0, 0.1) is 0 Å². The molecule has 3 N–H and O–H groups in total. The maximum Gasteiger partial charge on any atom is 0.241 e. The number of hydrogen-bond donors (Lipinski definition) is 2. The Hall–Kier alpha value is -1.37. The predicted octanol–water partition coefficient (Wildman–Crippen LogP) is 3.07. The van der Waals surface area contributed by atoms with Gasteiger partial charge < -0.3 is 5.73 Å². The second-order valence-corrected chi connectivity index (χ2v) is 7.06. The molecular weight excluding hydrogens is 340 g/mol. The van der Waals surface area contributed by atoms with E-state index in [-0.39, 0.29) is 4.90 Å². The summed E-state index contributed by atoms with van der Waals surface area (Å²) in [4.78, 5) is 0.224. The van der Waals surface area contributed by atoms with E-state index in [0.717, 1.165) is 10.0 Å². The number of nitrogens with two attached hydrogens (primary N) is 1. The zero-order valence-electron chi connectivity index (χ0n) is 10.9. The van der Waals surface area contributed by atoms with Crippen molar-refractivity contribution in [2.75, 3.05) is 5.73 Å². The van der Waals surface area contributed by atoms with E-state index < -0.39 is 16.1 Å². The van der Waals surface area contributed by atoms with Gasteiger partial charge in [-0.1, -0.05) is 34.1 Å². The van der Waals surface area contributed by atoms with Gasteiger partial charge in [-0.25, -0.2) is 13.1 Å². The lowest BCUT2D eigenvalue weighted by molar-refractivity contribution is 0.567. The third-order valence-corrected chi connectivity index (χ3v) is 5.00. The van der Waals surface area contributed by atoms with Crippen LogP contribution in [-0.4, -0.2) is 8.42 Å². The largest absolute Gasteiger partial charge is 0.398 e. The fourth-order valence-corrected chi connectivity index (χ4v) is 3.37. The monoisotopic (exact) mass is 354 g/mol. The highest BCUT2D eigenvalue weighted by atomic mass is 79.9. The molecule has 2 rings (SSSR count). The summed E-state index contributed by atoms with van der Waals surface area (Å²) >= 11 is 3.28. The highest BCUT2D eigenvalue weighted by Gasteiger charge is 2.19. The average molecular weight is 355 g/mol. The van der Waals surface area contributed by atoms with Crippen LogP contribution in [0.25, 0.3) is 0 Å². The minimum absolute atomic E-state index is 0.224. The van der Waals surface area contributed by atoms with Crippen LogP contribution in [0.1, 0.15) is 18.5 Å². The fraction of sp³-hybridized carbons (Fsp3) is 0.143. The number of anilines is 1. The second kappa shape index (κ2) is 5.95. The van der Waals surface area contributed by atoms with Gasteiger partial charge in [0.25, 0.3) is 0 Å². The molecule has 106 valence electrons. The van der Waals surface area contributed by atoms with Gasteiger partial charge >= 0.3 is 0 Å². The lowest BCUT2D eigenvalue weighted by Gasteiger charge is -2.16. The average Bonchev–Trinajstić information content (AvgIpc) is 2.39. The van der Waals surface area contributed by atoms with Gasteiger partial charge in [0.2, 0.25) is 10.0 Å². The van der Waals surface area contributed by atoms with Crippen molar-refractivity contribution in [2.24, 2.45) is 0 Å². The van der Waals surface area contributed by atoms with E-state index in [2.05, 4.69) is 20.7 Å². The summed E-state index contributed by atoms with van der Waals surface area (Å²) in [5, 5.41) is 0. The first-order chi connectivity index (χ1) is 9.40. The van der Waals surface area contributed by atoms with Crippen molar-refractivity contribution in [3.8, 4) is 0 Å². The van der Waals surface area contributed by atoms with Gasteiger partial charge in [-0.05, 0) is 42.8 Å².